The van der Waals surface area contributed by atoms with E-state index in [0.29, 0.717) is 0 Å². The highest BCUT2D eigenvalue weighted by Gasteiger charge is 2.27. The lowest BCUT2D eigenvalue weighted by Crippen LogP contribution is -2.37. The van der Waals surface area contributed by atoms with Crippen molar-refractivity contribution in [2.24, 2.45) is 0 Å². The fourth-order valence-electron chi connectivity index (χ4n) is 2.44. The molecule has 3 nitrogen and oxygen atoms in total. The van der Waals surface area contributed by atoms with E-state index in [4.69, 9.17) is 0 Å². The maximum Gasteiger partial charge on any atom is 0.220 e. The van der Waals surface area contributed by atoms with Crippen LogP contribution < -0.4 is 0 Å². The Morgan fingerprint density at radius 3 is 3.00 bits per heavy atom. The van der Waals surface area contributed by atoms with Crippen LogP contribution in [-0.2, 0) is 4.79 Å². The Bertz CT molecular complexity index is 389. The molecule has 1 aliphatic heterocycles. The molecule has 1 saturated heterocycles. The van der Waals surface area contributed by atoms with E-state index in [2.05, 4.69) is 18.0 Å². The average Bonchev–Trinajstić information content (AvgIpc) is 2.29. The molecule has 2 rings (SSSR count). The third-order valence-corrected chi connectivity index (χ3v) is 3.27. The van der Waals surface area contributed by atoms with Crippen molar-refractivity contribution in [2.75, 3.05) is 6.54 Å². The Morgan fingerprint density at radius 2 is 2.31 bits per heavy atom. The first-order valence-electron chi connectivity index (χ1n) is 5.89. The van der Waals surface area contributed by atoms with Crippen molar-refractivity contribution in [2.45, 2.75) is 39.2 Å². The lowest BCUT2D eigenvalue weighted by atomic mass is 9.96. The molecule has 0 bridgehead atoms. The van der Waals surface area contributed by atoms with E-state index in [0.717, 1.165) is 25.1 Å². The van der Waals surface area contributed by atoms with Gasteiger partial charge < -0.3 is 4.90 Å². The summed E-state index contributed by atoms with van der Waals surface area (Å²) >= 11 is 0. The average molecular weight is 218 g/mol. The second-order valence-electron chi connectivity index (χ2n) is 4.43. The van der Waals surface area contributed by atoms with Crippen molar-refractivity contribution < 1.29 is 4.79 Å². The lowest BCUT2D eigenvalue weighted by molar-refractivity contribution is -0.132. The van der Waals surface area contributed by atoms with Gasteiger partial charge in [-0.3, -0.25) is 9.78 Å². The van der Waals surface area contributed by atoms with Gasteiger partial charge in [-0.05, 0) is 37.8 Å². The number of amides is 1. The molecule has 1 amide bonds. The summed E-state index contributed by atoms with van der Waals surface area (Å²) in [5, 5.41) is 0. The van der Waals surface area contributed by atoms with Crippen molar-refractivity contribution in [3.8, 4) is 0 Å². The lowest BCUT2D eigenvalue weighted by Gasteiger charge is -2.35. The Labute approximate surface area is 96.5 Å². The summed E-state index contributed by atoms with van der Waals surface area (Å²) < 4.78 is 0. The number of piperidine rings is 1. The molecule has 1 aromatic heterocycles. The molecule has 2 heterocycles. The number of aryl methyl sites for hydroxylation is 1. The number of pyridine rings is 1. The standard InChI is InChI=1S/C13H18N2O/c1-10-6-5-8-14-13(10)12-7-3-4-9-15(12)11(2)16/h5-6,8,12H,3-4,7,9H2,1-2H3/t12-/m1/s1. The minimum absolute atomic E-state index is 0.162. The number of hydrogen-bond donors (Lipinski definition) is 0. The Kier molecular flexibility index (Phi) is 3.22. The largest absolute Gasteiger partial charge is 0.334 e. The number of likely N-dealkylation sites (tertiary alicyclic amines) is 1. The quantitative estimate of drug-likeness (QED) is 0.725. The molecule has 0 N–H and O–H groups in total. The van der Waals surface area contributed by atoms with Crippen molar-refractivity contribution in [3.63, 3.8) is 0 Å². The number of aromatic nitrogens is 1. The number of rotatable bonds is 1. The Hall–Kier alpha value is -1.38. The van der Waals surface area contributed by atoms with Gasteiger partial charge in [-0.25, -0.2) is 0 Å². The highest BCUT2D eigenvalue weighted by molar-refractivity contribution is 5.73. The fraction of sp³-hybridized carbons (Fsp3) is 0.538. The van der Waals surface area contributed by atoms with E-state index < -0.39 is 0 Å². The summed E-state index contributed by atoms with van der Waals surface area (Å²) in [5.74, 6) is 0.162. The highest BCUT2D eigenvalue weighted by Crippen LogP contribution is 2.31. The van der Waals surface area contributed by atoms with Gasteiger partial charge in [0.25, 0.3) is 0 Å². The summed E-state index contributed by atoms with van der Waals surface area (Å²) in [5.41, 5.74) is 2.25. The van der Waals surface area contributed by atoms with E-state index in [9.17, 15) is 4.79 Å². The summed E-state index contributed by atoms with van der Waals surface area (Å²) in [6, 6.07) is 4.20. The van der Waals surface area contributed by atoms with Crippen molar-refractivity contribution >= 4 is 5.91 Å². The summed E-state index contributed by atoms with van der Waals surface area (Å²) in [7, 11) is 0. The van der Waals surface area contributed by atoms with E-state index in [1.165, 1.54) is 12.0 Å². The van der Waals surface area contributed by atoms with Crippen molar-refractivity contribution in [1.82, 2.24) is 9.88 Å². The molecule has 3 heteroatoms. The van der Waals surface area contributed by atoms with Gasteiger partial charge >= 0.3 is 0 Å². The third kappa shape index (κ3) is 2.08. The molecule has 0 aliphatic carbocycles. The van der Waals surface area contributed by atoms with E-state index >= 15 is 0 Å². The zero-order valence-corrected chi connectivity index (χ0v) is 9.94. The van der Waals surface area contributed by atoms with Crippen LogP contribution in [-0.4, -0.2) is 22.3 Å². The van der Waals surface area contributed by atoms with Crippen LogP contribution in [0, 0.1) is 6.92 Å². The zero-order valence-electron chi connectivity index (χ0n) is 9.94. The van der Waals surface area contributed by atoms with Gasteiger partial charge in [0, 0.05) is 19.7 Å². The molecule has 0 aromatic carbocycles. The molecule has 16 heavy (non-hydrogen) atoms. The molecule has 0 unspecified atom stereocenters. The van der Waals surface area contributed by atoms with Gasteiger partial charge in [-0.15, -0.1) is 0 Å². The maximum absolute atomic E-state index is 11.6. The highest BCUT2D eigenvalue weighted by atomic mass is 16.2. The van der Waals surface area contributed by atoms with Crippen molar-refractivity contribution in [1.29, 1.82) is 0 Å². The monoisotopic (exact) mass is 218 g/mol. The van der Waals surface area contributed by atoms with Gasteiger partial charge in [0.1, 0.15) is 0 Å². The first-order valence-corrected chi connectivity index (χ1v) is 5.89. The van der Waals surface area contributed by atoms with Crippen LogP contribution in [0.2, 0.25) is 0 Å². The first-order chi connectivity index (χ1) is 7.70. The van der Waals surface area contributed by atoms with Crippen molar-refractivity contribution in [3.05, 3.63) is 29.6 Å². The van der Waals surface area contributed by atoms with Crippen LogP contribution >= 0.6 is 0 Å². The van der Waals surface area contributed by atoms with Gasteiger partial charge in [-0.1, -0.05) is 6.07 Å². The van der Waals surface area contributed by atoms with Gasteiger partial charge in [0.2, 0.25) is 5.91 Å². The van der Waals surface area contributed by atoms with Gasteiger partial charge in [0.05, 0.1) is 11.7 Å². The molecule has 1 fully saturated rings. The van der Waals surface area contributed by atoms with Gasteiger partial charge in [-0.2, -0.15) is 0 Å². The molecule has 86 valence electrons. The Morgan fingerprint density at radius 1 is 1.50 bits per heavy atom. The van der Waals surface area contributed by atoms with E-state index in [1.54, 1.807) is 6.92 Å². The SMILES string of the molecule is CC(=O)N1CCCC[C@@H]1c1ncccc1C. The minimum Gasteiger partial charge on any atom is -0.334 e. The number of carbonyl (C=O) groups excluding carboxylic acids is 1. The maximum atomic E-state index is 11.6. The van der Waals surface area contributed by atoms with Crippen LogP contribution in [0.5, 0.6) is 0 Å². The number of nitrogens with zero attached hydrogens (tertiary/aromatic N) is 2. The summed E-state index contributed by atoms with van der Waals surface area (Å²) in [6.07, 6.45) is 5.15. The van der Waals surface area contributed by atoms with Gasteiger partial charge in [0.15, 0.2) is 0 Å². The molecule has 1 atom stereocenters. The van der Waals surface area contributed by atoms with E-state index in [1.807, 2.05) is 17.2 Å². The first kappa shape index (κ1) is 11.1. The topological polar surface area (TPSA) is 33.2 Å². The van der Waals surface area contributed by atoms with Crippen LogP contribution in [0.4, 0.5) is 0 Å². The van der Waals surface area contributed by atoms with Crippen LogP contribution in [0.25, 0.3) is 0 Å². The predicted octanol–water partition coefficient (Wildman–Crippen LogP) is 2.46. The number of carbonyl (C=O) groups is 1. The van der Waals surface area contributed by atoms with Crippen LogP contribution in [0.1, 0.15) is 43.5 Å². The Balaban J connectivity index is 2.30. The molecular weight excluding hydrogens is 200 g/mol. The van der Waals surface area contributed by atoms with Crippen LogP contribution in [0.15, 0.2) is 18.3 Å². The minimum atomic E-state index is 0.162. The zero-order chi connectivity index (χ0) is 11.5. The second-order valence-corrected chi connectivity index (χ2v) is 4.43. The molecular formula is C13H18N2O. The fourth-order valence-corrected chi connectivity index (χ4v) is 2.44. The summed E-state index contributed by atoms with van der Waals surface area (Å²) in [4.78, 5) is 18.0. The molecule has 0 radical (unpaired) electrons. The smallest absolute Gasteiger partial charge is 0.220 e. The van der Waals surface area contributed by atoms with E-state index in [-0.39, 0.29) is 11.9 Å². The molecule has 0 spiro atoms. The predicted molar refractivity (Wildman–Crippen MR) is 63.0 cm³/mol. The normalized spacial score (nSPS) is 20.9. The van der Waals surface area contributed by atoms with Crippen LogP contribution in [0.3, 0.4) is 0 Å². The summed E-state index contributed by atoms with van der Waals surface area (Å²) in [6.45, 7) is 4.59. The second kappa shape index (κ2) is 4.64. The third-order valence-electron chi connectivity index (χ3n) is 3.27. The molecule has 1 aromatic rings. The molecule has 1 aliphatic rings. The molecule has 0 saturated carbocycles. The number of hydrogen-bond acceptors (Lipinski definition) is 2.